The molecule has 1 saturated heterocycles. The number of nitrogens with one attached hydrogen (secondary N) is 2. The molecule has 2 aromatic carbocycles. The SMILES string of the molecule is CCNC(=O)c1ccc(NC(=O)c2ccc(C(=O)N3CCOCC3)cc2)cc1Cl. The molecule has 0 bridgehead atoms. The van der Waals surface area contributed by atoms with E-state index in [1.165, 1.54) is 6.07 Å². The third-order valence-electron chi connectivity index (χ3n) is 4.50. The summed E-state index contributed by atoms with van der Waals surface area (Å²) in [6.07, 6.45) is 0. The van der Waals surface area contributed by atoms with Crippen molar-refractivity contribution in [3.8, 4) is 0 Å². The molecule has 1 aliphatic rings. The van der Waals surface area contributed by atoms with Gasteiger partial charge in [0.15, 0.2) is 0 Å². The number of halogens is 1. The van der Waals surface area contributed by atoms with Crippen molar-refractivity contribution in [3.05, 3.63) is 64.2 Å². The van der Waals surface area contributed by atoms with Crippen LogP contribution in [0.3, 0.4) is 0 Å². The Hall–Kier alpha value is -2.90. The summed E-state index contributed by atoms with van der Waals surface area (Å²) < 4.78 is 5.26. The second-order valence-corrected chi connectivity index (χ2v) is 6.90. The first kappa shape index (κ1) is 20.8. The van der Waals surface area contributed by atoms with Crippen LogP contribution in [-0.2, 0) is 4.74 Å². The third-order valence-corrected chi connectivity index (χ3v) is 4.81. The zero-order valence-corrected chi connectivity index (χ0v) is 16.8. The first-order valence-corrected chi connectivity index (χ1v) is 9.73. The highest BCUT2D eigenvalue weighted by Gasteiger charge is 2.19. The number of morpholine rings is 1. The molecule has 3 rings (SSSR count). The zero-order valence-electron chi connectivity index (χ0n) is 16.0. The first-order valence-electron chi connectivity index (χ1n) is 9.35. The van der Waals surface area contributed by atoms with Gasteiger partial charge in [-0.1, -0.05) is 11.6 Å². The molecular formula is C21H22ClN3O4. The quantitative estimate of drug-likeness (QED) is 0.786. The Morgan fingerprint density at radius 3 is 2.28 bits per heavy atom. The van der Waals surface area contributed by atoms with Crippen molar-refractivity contribution in [2.45, 2.75) is 6.92 Å². The van der Waals surface area contributed by atoms with Crippen LogP contribution in [0, 0.1) is 0 Å². The monoisotopic (exact) mass is 415 g/mol. The number of ether oxygens (including phenoxy) is 1. The van der Waals surface area contributed by atoms with E-state index in [0.29, 0.717) is 55.2 Å². The van der Waals surface area contributed by atoms with Gasteiger partial charge in [0.2, 0.25) is 0 Å². The maximum atomic E-state index is 12.5. The molecule has 8 heteroatoms. The van der Waals surface area contributed by atoms with Crippen LogP contribution in [0.5, 0.6) is 0 Å². The molecule has 2 aromatic rings. The van der Waals surface area contributed by atoms with E-state index in [1.54, 1.807) is 41.3 Å². The molecule has 0 radical (unpaired) electrons. The van der Waals surface area contributed by atoms with E-state index < -0.39 is 0 Å². The zero-order chi connectivity index (χ0) is 20.8. The van der Waals surface area contributed by atoms with Crippen molar-refractivity contribution < 1.29 is 19.1 Å². The fourth-order valence-corrected chi connectivity index (χ4v) is 3.22. The van der Waals surface area contributed by atoms with Crippen LogP contribution >= 0.6 is 11.6 Å². The van der Waals surface area contributed by atoms with E-state index in [9.17, 15) is 14.4 Å². The highest BCUT2D eigenvalue weighted by atomic mass is 35.5. The van der Waals surface area contributed by atoms with Gasteiger partial charge in [-0.25, -0.2) is 0 Å². The van der Waals surface area contributed by atoms with Crippen molar-refractivity contribution in [1.29, 1.82) is 0 Å². The Morgan fingerprint density at radius 1 is 1.00 bits per heavy atom. The lowest BCUT2D eigenvalue weighted by molar-refractivity contribution is 0.0303. The normalized spacial score (nSPS) is 13.7. The molecule has 1 fully saturated rings. The predicted octanol–water partition coefficient (Wildman–Crippen LogP) is 2.81. The number of benzene rings is 2. The number of carbonyl (C=O) groups is 3. The number of carbonyl (C=O) groups excluding carboxylic acids is 3. The summed E-state index contributed by atoms with van der Waals surface area (Å²) in [5, 5.41) is 5.67. The number of hydrogen-bond acceptors (Lipinski definition) is 4. The Kier molecular flexibility index (Phi) is 6.85. The lowest BCUT2D eigenvalue weighted by Gasteiger charge is -2.26. The van der Waals surface area contributed by atoms with Gasteiger partial charge >= 0.3 is 0 Å². The van der Waals surface area contributed by atoms with E-state index in [4.69, 9.17) is 16.3 Å². The van der Waals surface area contributed by atoms with Crippen molar-refractivity contribution in [1.82, 2.24) is 10.2 Å². The molecule has 0 spiro atoms. The summed E-state index contributed by atoms with van der Waals surface area (Å²) in [5.41, 5.74) is 1.75. The lowest BCUT2D eigenvalue weighted by Crippen LogP contribution is -2.40. The van der Waals surface area contributed by atoms with Gasteiger partial charge in [-0.2, -0.15) is 0 Å². The van der Waals surface area contributed by atoms with Crippen LogP contribution in [0.4, 0.5) is 5.69 Å². The fraction of sp³-hybridized carbons (Fsp3) is 0.286. The average molecular weight is 416 g/mol. The minimum absolute atomic E-state index is 0.0759. The number of nitrogens with zero attached hydrogens (tertiary/aromatic N) is 1. The van der Waals surface area contributed by atoms with Crippen LogP contribution in [0.25, 0.3) is 0 Å². The number of anilines is 1. The Morgan fingerprint density at radius 2 is 1.66 bits per heavy atom. The highest BCUT2D eigenvalue weighted by Crippen LogP contribution is 2.22. The van der Waals surface area contributed by atoms with E-state index >= 15 is 0 Å². The molecule has 1 aliphatic heterocycles. The molecule has 0 atom stereocenters. The Labute approximate surface area is 174 Å². The molecular weight excluding hydrogens is 394 g/mol. The number of hydrogen-bond donors (Lipinski definition) is 2. The summed E-state index contributed by atoms with van der Waals surface area (Å²) in [5.74, 6) is -0.680. The summed E-state index contributed by atoms with van der Waals surface area (Å²) in [6.45, 7) is 4.52. The Bertz CT molecular complexity index is 909. The Balaban J connectivity index is 1.65. The van der Waals surface area contributed by atoms with Crippen molar-refractivity contribution >= 4 is 35.0 Å². The molecule has 7 nitrogen and oxygen atoms in total. The van der Waals surface area contributed by atoms with Crippen LogP contribution < -0.4 is 10.6 Å². The summed E-state index contributed by atoms with van der Waals surface area (Å²) in [7, 11) is 0. The van der Waals surface area contributed by atoms with E-state index in [0.717, 1.165) is 0 Å². The number of rotatable bonds is 5. The summed E-state index contributed by atoms with van der Waals surface area (Å²) >= 11 is 6.16. The van der Waals surface area contributed by atoms with Crippen LogP contribution in [0.1, 0.15) is 38.0 Å². The van der Waals surface area contributed by atoms with Gasteiger partial charge < -0.3 is 20.3 Å². The molecule has 0 unspecified atom stereocenters. The third kappa shape index (κ3) is 5.13. The topological polar surface area (TPSA) is 87.7 Å². The molecule has 152 valence electrons. The van der Waals surface area contributed by atoms with E-state index in [2.05, 4.69) is 10.6 Å². The smallest absolute Gasteiger partial charge is 0.255 e. The lowest BCUT2D eigenvalue weighted by atomic mass is 10.1. The van der Waals surface area contributed by atoms with Gasteiger partial charge in [0.1, 0.15) is 0 Å². The molecule has 2 N–H and O–H groups in total. The van der Waals surface area contributed by atoms with Crippen molar-refractivity contribution in [2.24, 2.45) is 0 Å². The van der Waals surface area contributed by atoms with Crippen LogP contribution in [0.2, 0.25) is 5.02 Å². The second-order valence-electron chi connectivity index (χ2n) is 6.49. The van der Waals surface area contributed by atoms with Gasteiger partial charge in [-0.3, -0.25) is 14.4 Å². The molecule has 0 aromatic heterocycles. The van der Waals surface area contributed by atoms with Gasteiger partial charge in [0, 0.05) is 36.4 Å². The van der Waals surface area contributed by atoms with E-state index in [-0.39, 0.29) is 22.7 Å². The fourth-order valence-electron chi connectivity index (χ4n) is 2.95. The van der Waals surface area contributed by atoms with E-state index in [1.807, 2.05) is 6.92 Å². The highest BCUT2D eigenvalue weighted by molar-refractivity contribution is 6.34. The van der Waals surface area contributed by atoms with Gasteiger partial charge in [0.25, 0.3) is 17.7 Å². The second kappa shape index (κ2) is 9.54. The molecule has 3 amide bonds. The maximum Gasteiger partial charge on any atom is 0.255 e. The molecule has 0 saturated carbocycles. The van der Waals surface area contributed by atoms with Crippen LogP contribution in [-0.4, -0.2) is 55.5 Å². The summed E-state index contributed by atoms with van der Waals surface area (Å²) in [4.78, 5) is 38.6. The molecule has 29 heavy (non-hydrogen) atoms. The first-order chi connectivity index (χ1) is 14.0. The van der Waals surface area contributed by atoms with Crippen molar-refractivity contribution in [2.75, 3.05) is 38.2 Å². The predicted molar refractivity (Wildman–Crippen MR) is 111 cm³/mol. The average Bonchev–Trinajstić information content (AvgIpc) is 2.74. The largest absolute Gasteiger partial charge is 0.378 e. The molecule has 1 heterocycles. The van der Waals surface area contributed by atoms with Crippen LogP contribution in [0.15, 0.2) is 42.5 Å². The van der Waals surface area contributed by atoms with Gasteiger partial charge in [0.05, 0.1) is 23.8 Å². The van der Waals surface area contributed by atoms with Gasteiger partial charge in [-0.05, 0) is 49.4 Å². The summed E-state index contributed by atoms with van der Waals surface area (Å²) in [6, 6.07) is 11.2. The maximum absolute atomic E-state index is 12.5. The van der Waals surface area contributed by atoms with Gasteiger partial charge in [-0.15, -0.1) is 0 Å². The number of amides is 3. The minimum Gasteiger partial charge on any atom is -0.378 e. The molecule has 0 aliphatic carbocycles. The van der Waals surface area contributed by atoms with Crippen molar-refractivity contribution in [3.63, 3.8) is 0 Å². The standard InChI is InChI=1S/C21H22ClN3O4/c1-2-23-20(27)17-8-7-16(13-18(17)22)24-19(26)14-3-5-15(6-4-14)21(28)25-9-11-29-12-10-25/h3-8,13H,2,9-12H2,1H3,(H,23,27)(H,24,26). The minimum atomic E-state index is -0.336.